The number of hydrogen-bond acceptors (Lipinski definition) is 4. The highest BCUT2D eigenvalue weighted by atomic mass is 16.5. The Kier molecular flexibility index (Phi) is 19.5. The van der Waals surface area contributed by atoms with Crippen molar-refractivity contribution in [3.05, 3.63) is 0 Å². The third-order valence-corrected chi connectivity index (χ3v) is 1.25. The number of nitrogens with two attached hydrogens (primary N) is 2. The Hall–Kier alpha value is -0.610. The summed E-state index contributed by atoms with van der Waals surface area (Å²) in [4.78, 5) is 8.95. The molecule has 0 saturated heterocycles. The fraction of sp³-hybridized carbons (Fsp3) is 0.875. The first-order valence-electron chi connectivity index (χ1n) is 4.20. The van der Waals surface area contributed by atoms with Gasteiger partial charge in [-0.15, -0.1) is 0 Å². The summed E-state index contributed by atoms with van der Waals surface area (Å²) in [5.41, 5.74) is 10.6. The zero-order chi connectivity index (χ0) is 9.66. The summed E-state index contributed by atoms with van der Waals surface area (Å²) in [7, 11) is 1.31. The highest BCUT2D eigenvalue weighted by Crippen LogP contribution is 1.95. The minimum atomic E-state index is 0.375. The first-order valence-corrected chi connectivity index (χ1v) is 4.20. The molecule has 0 fully saturated rings. The van der Waals surface area contributed by atoms with Crippen molar-refractivity contribution in [3.63, 3.8) is 0 Å². The number of carbonyl (C=O) groups excluding carboxylic acids is 1. The van der Waals surface area contributed by atoms with Gasteiger partial charge in [0.2, 0.25) is 0 Å². The predicted molar refractivity (Wildman–Crippen MR) is 49.6 cm³/mol. The molecule has 0 unspecified atom stereocenters. The van der Waals surface area contributed by atoms with E-state index < -0.39 is 0 Å². The minimum absolute atomic E-state index is 0.375. The normalized spacial score (nSPS) is 8.25. The Bertz CT molecular complexity index is 73.5. The number of ether oxygens (including phenoxy) is 1. The lowest BCUT2D eigenvalue weighted by Crippen LogP contribution is -2.00. The van der Waals surface area contributed by atoms with E-state index in [1.165, 1.54) is 20.0 Å². The summed E-state index contributed by atoms with van der Waals surface area (Å²) < 4.78 is 3.86. The highest BCUT2D eigenvalue weighted by molar-refractivity contribution is 5.36. The molecule has 74 valence electrons. The van der Waals surface area contributed by atoms with E-state index in [1.54, 1.807) is 0 Å². The molecule has 4 nitrogen and oxygen atoms in total. The molecule has 0 aromatic carbocycles. The Balaban J connectivity index is 0. The summed E-state index contributed by atoms with van der Waals surface area (Å²) >= 11 is 0. The van der Waals surface area contributed by atoms with E-state index in [0.29, 0.717) is 6.47 Å². The number of carbonyl (C=O) groups is 1. The zero-order valence-electron chi connectivity index (χ0n) is 7.79. The van der Waals surface area contributed by atoms with E-state index in [9.17, 15) is 0 Å². The second-order valence-electron chi connectivity index (χ2n) is 2.32. The maximum Gasteiger partial charge on any atom is 0.292 e. The first kappa shape index (κ1) is 13.9. The van der Waals surface area contributed by atoms with Crippen LogP contribution in [0.5, 0.6) is 0 Å². The van der Waals surface area contributed by atoms with Crippen LogP contribution < -0.4 is 11.5 Å². The Morgan fingerprint density at radius 2 is 1.42 bits per heavy atom. The molecular weight excluding hydrogens is 156 g/mol. The fourth-order valence-corrected chi connectivity index (χ4v) is 0.642. The highest BCUT2D eigenvalue weighted by Gasteiger charge is 1.83. The SMILES string of the molecule is COC=O.NCCCCCCN. The van der Waals surface area contributed by atoms with Crippen molar-refractivity contribution in [3.8, 4) is 0 Å². The van der Waals surface area contributed by atoms with Gasteiger partial charge in [-0.25, -0.2) is 0 Å². The van der Waals surface area contributed by atoms with Crippen LogP contribution in [0.3, 0.4) is 0 Å². The molecule has 0 heterocycles. The van der Waals surface area contributed by atoms with Crippen molar-refractivity contribution >= 4 is 6.47 Å². The molecule has 12 heavy (non-hydrogen) atoms. The lowest BCUT2D eigenvalue weighted by Gasteiger charge is -1.94. The molecule has 0 aliphatic heterocycles. The molecule has 0 bridgehead atoms. The Morgan fingerprint density at radius 1 is 1.08 bits per heavy atom. The van der Waals surface area contributed by atoms with Crippen molar-refractivity contribution < 1.29 is 9.53 Å². The van der Waals surface area contributed by atoms with Crippen LogP contribution in [0.2, 0.25) is 0 Å². The van der Waals surface area contributed by atoms with E-state index in [1.807, 2.05) is 0 Å². The maximum absolute atomic E-state index is 8.95. The quantitative estimate of drug-likeness (QED) is 0.449. The summed E-state index contributed by atoms with van der Waals surface area (Å²) in [6.45, 7) is 2.02. The van der Waals surface area contributed by atoms with E-state index in [2.05, 4.69) is 4.74 Å². The van der Waals surface area contributed by atoms with Crippen molar-refractivity contribution in [1.29, 1.82) is 0 Å². The standard InChI is InChI=1S/C6H16N2.C2H4O2/c7-5-3-1-2-4-6-8;1-4-2-3/h1-8H2;2H,1H3. The molecule has 0 aromatic rings. The van der Waals surface area contributed by atoms with Crippen LogP contribution in [0, 0.1) is 0 Å². The lowest BCUT2D eigenvalue weighted by molar-refractivity contribution is -0.126. The Morgan fingerprint density at radius 3 is 1.58 bits per heavy atom. The monoisotopic (exact) mass is 176 g/mol. The second-order valence-corrected chi connectivity index (χ2v) is 2.32. The van der Waals surface area contributed by atoms with E-state index in [0.717, 1.165) is 25.9 Å². The zero-order valence-corrected chi connectivity index (χ0v) is 7.79. The number of unbranched alkanes of at least 4 members (excludes halogenated alkanes) is 3. The van der Waals surface area contributed by atoms with Crippen LogP contribution in [0.4, 0.5) is 0 Å². The molecule has 0 aliphatic carbocycles. The molecule has 4 heteroatoms. The van der Waals surface area contributed by atoms with Crippen LogP contribution in [-0.4, -0.2) is 26.7 Å². The molecule has 0 amide bonds. The fourth-order valence-electron chi connectivity index (χ4n) is 0.642. The molecular formula is C8H20N2O2. The van der Waals surface area contributed by atoms with E-state index in [4.69, 9.17) is 16.3 Å². The van der Waals surface area contributed by atoms with Gasteiger partial charge in [0, 0.05) is 0 Å². The molecule has 0 saturated carbocycles. The second kappa shape index (κ2) is 16.8. The number of rotatable bonds is 6. The average Bonchev–Trinajstić information content (AvgIpc) is 2.13. The molecule has 4 N–H and O–H groups in total. The van der Waals surface area contributed by atoms with Crippen molar-refractivity contribution in [2.75, 3.05) is 20.2 Å². The molecule has 0 aliphatic rings. The van der Waals surface area contributed by atoms with E-state index in [-0.39, 0.29) is 0 Å². The van der Waals surface area contributed by atoms with Crippen LogP contribution >= 0.6 is 0 Å². The molecule has 0 radical (unpaired) electrons. The topological polar surface area (TPSA) is 78.3 Å². The van der Waals surface area contributed by atoms with Crippen LogP contribution in [0.25, 0.3) is 0 Å². The largest absolute Gasteiger partial charge is 0.471 e. The van der Waals surface area contributed by atoms with Gasteiger partial charge in [0.25, 0.3) is 6.47 Å². The molecule has 0 atom stereocenters. The van der Waals surface area contributed by atoms with Crippen LogP contribution in [0.15, 0.2) is 0 Å². The summed E-state index contributed by atoms with van der Waals surface area (Å²) in [5.74, 6) is 0. The average molecular weight is 176 g/mol. The minimum Gasteiger partial charge on any atom is -0.471 e. The third-order valence-electron chi connectivity index (χ3n) is 1.25. The summed E-state index contributed by atoms with van der Waals surface area (Å²) in [5, 5.41) is 0. The van der Waals surface area contributed by atoms with Gasteiger partial charge in [-0.3, -0.25) is 4.79 Å². The van der Waals surface area contributed by atoms with Crippen molar-refractivity contribution in [1.82, 2.24) is 0 Å². The third kappa shape index (κ3) is 22.8. The summed E-state index contributed by atoms with van der Waals surface area (Å²) in [6.07, 6.45) is 4.79. The van der Waals surface area contributed by atoms with Crippen LogP contribution in [-0.2, 0) is 9.53 Å². The maximum atomic E-state index is 8.95. The number of hydrogen-bond donors (Lipinski definition) is 2. The van der Waals surface area contributed by atoms with Crippen LogP contribution in [0.1, 0.15) is 25.7 Å². The smallest absolute Gasteiger partial charge is 0.292 e. The van der Waals surface area contributed by atoms with Gasteiger partial charge in [-0.05, 0) is 25.9 Å². The van der Waals surface area contributed by atoms with Gasteiger partial charge in [-0.2, -0.15) is 0 Å². The van der Waals surface area contributed by atoms with Gasteiger partial charge in [-0.1, -0.05) is 12.8 Å². The van der Waals surface area contributed by atoms with E-state index >= 15 is 0 Å². The lowest BCUT2D eigenvalue weighted by atomic mass is 10.2. The molecule has 0 aromatic heterocycles. The van der Waals surface area contributed by atoms with Gasteiger partial charge in [0.05, 0.1) is 7.11 Å². The predicted octanol–water partition coefficient (Wildman–Crippen LogP) is 0.253. The molecule has 0 spiro atoms. The first-order chi connectivity index (χ1) is 5.83. The van der Waals surface area contributed by atoms with Gasteiger partial charge in [0.1, 0.15) is 0 Å². The van der Waals surface area contributed by atoms with Crippen molar-refractivity contribution in [2.45, 2.75) is 25.7 Å². The Labute approximate surface area is 74.3 Å². The molecule has 0 rings (SSSR count). The number of methoxy groups -OCH3 is 1. The van der Waals surface area contributed by atoms with Gasteiger partial charge >= 0.3 is 0 Å². The summed E-state index contributed by atoms with van der Waals surface area (Å²) in [6, 6.07) is 0. The van der Waals surface area contributed by atoms with Gasteiger partial charge in [0.15, 0.2) is 0 Å². The van der Waals surface area contributed by atoms with Crippen molar-refractivity contribution in [2.24, 2.45) is 11.5 Å². The van der Waals surface area contributed by atoms with Gasteiger partial charge < -0.3 is 16.2 Å².